The lowest BCUT2D eigenvalue weighted by Crippen LogP contribution is -2.14. The lowest BCUT2D eigenvalue weighted by atomic mass is 9.89. The van der Waals surface area contributed by atoms with Gasteiger partial charge in [-0.15, -0.1) is 0 Å². The van der Waals surface area contributed by atoms with Gasteiger partial charge in [0.25, 0.3) is 0 Å². The van der Waals surface area contributed by atoms with E-state index in [2.05, 4.69) is 5.32 Å². The molecule has 0 amide bonds. The van der Waals surface area contributed by atoms with E-state index in [-0.39, 0.29) is 18.3 Å². The highest BCUT2D eigenvalue weighted by Crippen LogP contribution is 2.27. The molecule has 0 bridgehead atoms. The van der Waals surface area contributed by atoms with Gasteiger partial charge >= 0.3 is 0 Å². The summed E-state index contributed by atoms with van der Waals surface area (Å²) >= 11 is 0. The van der Waals surface area contributed by atoms with Crippen LogP contribution in [0.15, 0.2) is 24.3 Å². The molecule has 3 heteroatoms. The quantitative estimate of drug-likeness (QED) is 0.741. The summed E-state index contributed by atoms with van der Waals surface area (Å²) in [6.45, 7) is 1.91. The lowest BCUT2D eigenvalue weighted by molar-refractivity contribution is 0.226. The number of halogens is 1. The molecule has 0 unspecified atom stereocenters. The van der Waals surface area contributed by atoms with Crippen LogP contribution in [0.5, 0.6) is 0 Å². The molecule has 14 heavy (non-hydrogen) atoms. The van der Waals surface area contributed by atoms with Crippen molar-refractivity contribution < 1.29 is 9.50 Å². The molecule has 0 saturated carbocycles. The Morgan fingerprint density at radius 3 is 2.64 bits per heavy atom. The molecule has 2 atom stereocenters. The van der Waals surface area contributed by atoms with Gasteiger partial charge < -0.3 is 10.4 Å². The minimum atomic E-state index is -0.208. The molecular formula is C11H14FNO. The maximum Gasteiger partial charge on any atom is 0.123 e. The van der Waals surface area contributed by atoms with Gasteiger partial charge in [0, 0.05) is 31.5 Å². The molecule has 0 spiro atoms. The van der Waals surface area contributed by atoms with Crippen molar-refractivity contribution in [2.45, 2.75) is 5.92 Å². The Bertz CT molecular complexity index is 299. The first-order valence-corrected chi connectivity index (χ1v) is 4.88. The number of rotatable bonds is 2. The molecule has 0 aromatic heterocycles. The Balaban J connectivity index is 2.17. The average molecular weight is 195 g/mol. The van der Waals surface area contributed by atoms with Gasteiger partial charge in [-0.25, -0.2) is 4.39 Å². The van der Waals surface area contributed by atoms with Gasteiger partial charge in [0.05, 0.1) is 0 Å². The monoisotopic (exact) mass is 195 g/mol. The maximum absolute atomic E-state index is 12.7. The summed E-state index contributed by atoms with van der Waals surface area (Å²) in [7, 11) is 0. The summed E-state index contributed by atoms with van der Waals surface area (Å²) in [4.78, 5) is 0. The number of benzene rings is 1. The minimum absolute atomic E-state index is 0.190. The molecule has 1 aliphatic rings. The standard InChI is InChI=1S/C11H14FNO/c12-10-3-1-8(2-4-10)11-6-13-5-9(11)7-14/h1-4,9,11,13-14H,5-7H2/t9-,11-/m0/s1. The van der Waals surface area contributed by atoms with E-state index in [0.717, 1.165) is 18.7 Å². The summed E-state index contributed by atoms with van der Waals surface area (Å²) in [5.74, 6) is 0.376. The number of hydrogen-bond acceptors (Lipinski definition) is 2. The molecule has 1 saturated heterocycles. The van der Waals surface area contributed by atoms with Crippen molar-refractivity contribution in [3.05, 3.63) is 35.6 Å². The van der Waals surface area contributed by atoms with Gasteiger partial charge in [0.1, 0.15) is 5.82 Å². The molecule has 1 aromatic carbocycles. The Morgan fingerprint density at radius 1 is 1.29 bits per heavy atom. The van der Waals surface area contributed by atoms with Gasteiger partial charge in [-0.3, -0.25) is 0 Å². The number of aliphatic hydroxyl groups is 1. The largest absolute Gasteiger partial charge is 0.396 e. The predicted octanol–water partition coefficient (Wildman–Crippen LogP) is 1.12. The van der Waals surface area contributed by atoms with Crippen LogP contribution in [0.3, 0.4) is 0 Å². The van der Waals surface area contributed by atoms with Gasteiger partial charge in [0.2, 0.25) is 0 Å². The molecule has 2 N–H and O–H groups in total. The molecule has 1 heterocycles. The van der Waals surface area contributed by atoms with E-state index in [1.807, 2.05) is 0 Å². The van der Waals surface area contributed by atoms with Gasteiger partial charge in [-0.05, 0) is 17.7 Å². The highest BCUT2D eigenvalue weighted by molar-refractivity contribution is 5.23. The summed E-state index contributed by atoms with van der Waals surface area (Å²) in [5.41, 5.74) is 1.11. The van der Waals surface area contributed by atoms with E-state index in [1.54, 1.807) is 12.1 Å². The summed E-state index contributed by atoms with van der Waals surface area (Å²) < 4.78 is 12.7. The van der Waals surface area contributed by atoms with Gasteiger partial charge in [-0.2, -0.15) is 0 Å². The van der Waals surface area contributed by atoms with E-state index in [4.69, 9.17) is 5.11 Å². The van der Waals surface area contributed by atoms with E-state index in [0.29, 0.717) is 5.92 Å². The van der Waals surface area contributed by atoms with E-state index >= 15 is 0 Å². The zero-order valence-electron chi connectivity index (χ0n) is 7.91. The SMILES string of the molecule is OC[C@@H]1CNC[C@H]1c1ccc(F)cc1. The summed E-state index contributed by atoms with van der Waals surface area (Å²) in [6, 6.07) is 6.55. The fourth-order valence-electron chi connectivity index (χ4n) is 2.02. The Labute approximate surface area is 82.8 Å². The van der Waals surface area contributed by atoms with Crippen LogP contribution in [-0.2, 0) is 0 Å². The highest BCUT2D eigenvalue weighted by atomic mass is 19.1. The summed E-state index contributed by atoms with van der Waals surface area (Å²) in [6.07, 6.45) is 0. The van der Waals surface area contributed by atoms with Crippen molar-refractivity contribution >= 4 is 0 Å². The molecule has 0 aliphatic carbocycles. The van der Waals surface area contributed by atoms with Crippen LogP contribution in [0.4, 0.5) is 4.39 Å². The summed E-state index contributed by atoms with van der Waals surface area (Å²) in [5, 5.41) is 12.4. The molecule has 0 radical (unpaired) electrons. The minimum Gasteiger partial charge on any atom is -0.396 e. The molecule has 2 rings (SSSR count). The van der Waals surface area contributed by atoms with Crippen molar-refractivity contribution in [2.24, 2.45) is 5.92 Å². The molecule has 1 fully saturated rings. The van der Waals surface area contributed by atoms with Crippen LogP contribution in [0, 0.1) is 11.7 Å². The smallest absolute Gasteiger partial charge is 0.123 e. The zero-order valence-corrected chi connectivity index (χ0v) is 7.91. The van der Waals surface area contributed by atoms with Crippen molar-refractivity contribution in [1.82, 2.24) is 5.32 Å². The third kappa shape index (κ3) is 1.79. The van der Waals surface area contributed by atoms with Gasteiger partial charge in [0.15, 0.2) is 0 Å². The second-order valence-corrected chi connectivity index (χ2v) is 3.76. The van der Waals surface area contributed by atoms with Crippen LogP contribution in [0.25, 0.3) is 0 Å². The lowest BCUT2D eigenvalue weighted by Gasteiger charge is -2.16. The Hall–Kier alpha value is -0.930. The van der Waals surface area contributed by atoms with Crippen molar-refractivity contribution in [1.29, 1.82) is 0 Å². The fraction of sp³-hybridized carbons (Fsp3) is 0.455. The van der Waals surface area contributed by atoms with Crippen molar-refractivity contribution in [2.75, 3.05) is 19.7 Å². The van der Waals surface area contributed by atoms with Crippen LogP contribution < -0.4 is 5.32 Å². The van der Waals surface area contributed by atoms with E-state index in [1.165, 1.54) is 12.1 Å². The fourth-order valence-corrected chi connectivity index (χ4v) is 2.02. The van der Waals surface area contributed by atoms with E-state index in [9.17, 15) is 4.39 Å². The Morgan fingerprint density at radius 2 is 2.00 bits per heavy atom. The van der Waals surface area contributed by atoms with Crippen LogP contribution >= 0.6 is 0 Å². The first-order valence-electron chi connectivity index (χ1n) is 4.88. The first-order chi connectivity index (χ1) is 6.81. The highest BCUT2D eigenvalue weighted by Gasteiger charge is 2.27. The van der Waals surface area contributed by atoms with E-state index < -0.39 is 0 Å². The molecule has 76 valence electrons. The van der Waals surface area contributed by atoms with Crippen molar-refractivity contribution in [3.63, 3.8) is 0 Å². The predicted molar refractivity (Wildman–Crippen MR) is 52.6 cm³/mol. The van der Waals surface area contributed by atoms with Gasteiger partial charge in [-0.1, -0.05) is 12.1 Å². The normalized spacial score (nSPS) is 26.7. The number of hydrogen-bond donors (Lipinski definition) is 2. The number of aliphatic hydroxyl groups excluding tert-OH is 1. The molecule has 1 aliphatic heterocycles. The molecule has 1 aromatic rings. The number of nitrogens with one attached hydrogen (secondary N) is 1. The Kier molecular flexibility index (Phi) is 2.79. The van der Waals surface area contributed by atoms with Crippen LogP contribution in [0.2, 0.25) is 0 Å². The van der Waals surface area contributed by atoms with Crippen LogP contribution in [-0.4, -0.2) is 24.8 Å². The molecule has 2 nitrogen and oxygen atoms in total. The molecular weight excluding hydrogens is 181 g/mol. The topological polar surface area (TPSA) is 32.3 Å². The maximum atomic E-state index is 12.7. The third-order valence-corrected chi connectivity index (χ3v) is 2.87. The second kappa shape index (κ2) is 4.07. The second-order valence-electron chi connectivity index (χ2n) is 3.76. The first kappa shape index (κ1) is 9.62. The average Bonchev–Trinajstić information content (AvgIpc) is 2.67. The third-order valence-electron chi connectivity index (χ3n) is 2.87. The zero-order chi connectivity index (χ0) is 9.97. The van der Waals surface area contributed by atoms with Crippen molar-refractivity contribution in [3.8, 4) is 0 Å². The van der Waals surface area contributed by atoms with Crippen LogP contribution in [0.1, 0.15) is 11.5 Å².